The average Bonchev–Trinajstić information content (AvgIpc) is 3.07. The maximum atomic E-state index is 6.57. The van der Waals surface area contributed by atoms with Crippen LogP contribution in [-0.4, -0.2) is 56.4 Å². The van der Waals surface area contributed by atoms with E-state index in [4.69, 9.17) is 9.47 Å². The summed E-state index contributed by atoms with van der Waals surface area (Å²) in [5, 5.41) is 3.62. The third-order valence-electron chi connectivity index (χ3n) is 9.65. The van der Waals surface area contributed by atoms with Crippen molar-refractivity contribution in [1.29, 1.82) is 0 Å². The van der Waals surface area contributed by atoms with Crippen LogP contribution in [0, 0.1) is 11.3 Å². The molecule has 1 spiro atoms. The molecule has 0 unspecified atom stereocenters. The van der Waals surface area contributed by atoms with Gasteiger partial charge in [0.25, 0.3) is 0 Å². The van der Waals surface area contributed by atoms with Gasteiger partial charge in [-0.1, -0.05) is 12.5 Å². The molecule has 1 atom stereocenters. The largest absolute Gasteiger partial charge is 0.490 e. The van der Waals surface area contributed by atoms with Gasteiger partial charge in [-0.05, 0) is 118 Å². The highest BCUT2D eigenvalue weighted by Crippen LogP contribution is 2.56. The van der Waals surface area contributed by atoms with Gasteiger partial charge >= 0.3 is 0 Å². The van der Waals surface area contributed by atoms with Gasteiger partial charge in [-0.15, -0.1) is 0 Å². The predicted octanol–water partition coefficient (Wildman–Crippen LogP) is 4.91. The fraction of sp³-hybridized carbons (Fsp3) is 0.786. The average molecular weight is 439 g/mol. The molecule has 4 nitrogen and oxygen atoms in total. The van der Waals surface area contributed by atoms with Gasteiger partial charge in [-0.2, -0.15) is 0 Å². The highest BCUT2D eigenvalue weighted by molar-refractivity contribution is 5.44. The summed E-state index contributed by atoms with van der Waals surface area (Å²) in [5.41, 5.74) is 3.71. The van der Waals surface area contributed by atoms with Gasteiger partial charge < -0.3 is 19.7 Å². The molecule has 1 aromatic rings. The van der Waals surface area contributed by atoms with E-state index in [9.17, 15) is 0 Å². The first-order valence-electron chi connectivity index (χ1n) is 13.6. The smallest absolute Gasteiger partial charge is 0.120 e. The van der Waals surface area contributed by atoms with Crippen LogP contribution in [0.15, 0.2) is 18.2 Å². The molecule has 1 N–H and O–H groups in total. The van der Waals surface area contributed by atoms with E-state index in [1.807, 2.05) is 0 Å². The number of hydrogen-bond acceptors (Lipinski definition) is 4. The van der Waals surface area contributed by atoms with Gasteiger partial charge in [0.2, 0.25) is 0 Å². The van der Waals surface area contributed by atoms with E-state index >= 15 is 0 Å². The predicted molar refractivity (Wildman–Crippen MR) is 128 cm³/mol. The lowest BCUT2D eigenvalue weighted by Crippen LogP contribution is -2.46. The lowest BCUT2D eigenvalue weighted by Gasteiger charge is -2.41. The zero-order chi connectivity index (χ0) is 21.4. The third-order valence-corrected chi connectivity index (χ3v) is 9.65. The lowest BCUT2D eigenvalue weighted by molar-refractivity contribution is 0.0493. The number of ether oxygens (including phenoxy) is 2. The van der Waals surface area contributed by atoms with Crippen molar-refractivity contribution in [1.82, 2.24) is 10.2 Å². The van der Waals surface area contributed by atoms with Crippen LogP contribution in [0.3, 0.4) is 0 Å². The van der Waals surface area contributed by atoms with Gasteiger partial charge in [-0.3, -0.25) is 0 Å². The molecule has 176 valence electrons. The van der Waals surface area contributed by atoms with Crippen LogP contribution in [0.1, 0.15) is 81.3 Å². The topological polar surface area (TPSA) is 33.7 Å². The zero-order valence-electron chi connectivity index (χ0n) is 19.8. The zero-order valence-corrected chi connectivity index (χ0v) is 19.8. The van der Waals surface area contributed by atoms with Gasteiger partial charge in [0, 0.05) is 32.3 Å². The third kappa shape index (κ3) is 4.23. The fourth-order valence-electron chi connectivity index (χ4n) is 7.43. The van der Waals surface area contributed by atoms with E-state index in [1.165, 1.54) is 96.8 Å². The summed E-state index contributed by atoms with van der Waals surface area (Å²) in [6, 6.07) is 8.06. The number of nitrogens with one attached hydrogen (secondary N) is 1. The van der Waals surface area contributed by atoms with Crippen LogP contribution >= 0.6 is 0 Å². The second-order valence-corrected chi connectivity index (χ2v) is 11.4. The number of fused-ring (bicyclic) bond motifs is 1. The quantitative estimate of drug-likeness (QED) is 0.708. The van der Waals surface area contributed by atoms with Crippen LogP contribution in [0.4, 0.5) is 0 Å². The Bertz CT molecular complexity index is 772. The molecular weight excluding hydrogens is 396 g/mol. The number of hydrogen-bond donors (Lipinski definition) is 1. The normalized spacial score (nSPS) is 29.7. The number of nitrogens with zero attached hydrogens (tertiary/aromatic N) is 1. The first kappa shape index (κ1) is 21.4. The molecule has 6 rings (SSSR count). The molecule has 0 bridgehead atoms. The van der Waals surface area contributed by atoms with E-state index in [0.717, 1.165) is 36.8 Å². The van der Waals surface area contributed by atoms with E-state index in [-0.39, 0.29) is 0 Å². The van der Waals surface area contributed by atoms with Crippen LogP contribution < -0.4 is 10.1 Å². The van der Waals surface area contributed by atoms with Crippen molar-refractivity contribution in [2.75, 3.05) is 39.4 Å². The van der Waals surface area contributed by atoms with E-state index in [0.29, 0.717) is 11.5 Å². The molecule has 5 aliphatic rings. The van der Waals surface area contributed by atoms with E-state index in [2.05, 4.69) is 28.4 Å². The molecular formula is C28H42N2O2. The Hall–Kier alpha value is -1.10. The molecule has 0 radical (unpaired) electrons. The van der Waals surface area contributed by atoms with Crippen LogP contribution in [0.5, 0.6) is 5.75 Å². The Morgan fingerprint density at radius 1 is 1.00 bits per heavy atom. The Kier molecular flexibility index (Phi) is 6.21. The van der Waals surface area contributed by atoms with Crippen molar-refractivity contribution in [3.8, 4) is 5.75 Å². The molecule has 1 aromatic carbocycles. The summed E-state index contributed by atoms with van der Waals surface area (Å²) in [6.07, 6.45) is 14.8. The SMILES string of the molecule is c1cc2c(cc1OC1CCN(C3CCC3)CC1)CC1(CCNCC1)[C@H]2CC1CCOCC1. The lowest BCUT2D eigenvalue weighted by atomic mass is 9.66. The molecule has 4 fully saturated rings. The maximum absolute atomic E-state index is 6.57. The minimum absolute atomic E-state index is 0.400. The molecule has 32 heavy (non-hydrogen) atoms. The number of likely N-dealkylation sites (tertiary alicyclic amines) is 1. The molecule has 0 aromatic heterocycles. The van der Waals surface area contributed by atoms with Gasteiger partial charge in [-0.25, -0.2) is 0 Å². The Morgan fingerprint density at radius 3 is 2.50 bits per heavy atom. The summed E-state index contributed by atoms with van der Waals surface area (Å²) < 4.78 is 12.2. The van der Waals surface area contributed by atoms with Crippen LogP contribution in [-0.2, 0) is 11.2 Å². The van der Waals surface area contributed by atoms with E-state index in [1.54, 1.807) is 11.1 Å². The first-order valence-corrected chi connectivity index (χ1v) is 13.6. The summed E-state index contributed by atoms with van der Waals surface area (Å²) in [7, 11) is 0. The van der Waals surface area contributed by atoms with Gasteiger partial charge in [0.15, 0.2) is 0 Å². The second-order valence-electron chi connectivity index (χ2n) is 11.4. The van der Waals surface area contributed by atoms with Crippen molar-refractivity contribution in [3.63, 3.8) is 0 Å². The molecule has 1 saturated carbocycles. The monoisotopic (exact) mass is 438 g/mol. The number of rotatable bonds is 5. The molecule has 4 heteroatoms. The van der Waals surface area contributed by atoms with Crippen LogP contribution in [0.25, 0.3) is 0 Å². The summed E-state index contributed by atoms with van der Waals surface area (Å²) >= 11 is 0. The van der Waals surface area contributed by atoms with Crippen molar-refractivity contribution in [3.05, 3.63) is 29.3 Å². The van der Waals surface area contributed by atoms with Gasteiger partial charge in [0.05, 0.1) is 0 Å². The van der Waals surface area contributed by atoms with Crippen molar-refractivity contribution in [2.24, 2.45) is 11.3 Å². The second kappa shape index (κ2) is 9.27. The van der Waals surface area contributed by atoms with Crippen molar-refractivity contribution < 1.29 is 9.47 Å². The molecule has 0 amide bonds. The van der Waals surface area contributed by atoms with Crippen LogP contribution in [0.2, 0.25) is 0 Å². The Morgan fingerprint density at radius 2 is 1.78 bits per heavy atom. The first-order chi connectivity index (χ1) is 15.8. The Balaban J connectivity index is 1.15. The van der Waals surface area contributed by atoms with Gasteiger partial charge in [0.1, 0.15) is 11.9 Å². The highest BCUT2D eigenvalue weighted by Gasteiger charge is 2.47. The summed E-state index contributed by atoms with van der Waals surface area (Å²) in [5.74, 6) is 2.69. The maximum Gasteiger partial charge on any atom is 0.120 e. The minimum Gasteiger partial charge on any atom is -0.490 e. The molecule has 3 saturated heterocycles. The number of piperidine rings is 2. The Labute approximate surface area is 194 Å². The van der Waals surface area contributed by atoms with Crippen molar-refractivity contribution >= 4 is 0 Å². The summed E-state index contributed by atoms with van der Waals surface area (Å²) in [6.45, 7) is 6.74. The standard InChI is InChI=1S/C28H42N2O2/c1-2-23(3-1)30-14-6-24(7-15-30)32-25-4-5-26-22(19-25)20-28(10-12-29-13-11-28)27(26)18-21-8-16-31-17-9-21/h4-5,19,21,23-24,27,29H,1-3,6-18,20H2/t27-/m0/s1. The minimum atomic E-state index is 0.400. The molecule has 3 heterocycles. The molecule has 2 aliphatic carbocycles. The fourth-order valence-corrected chi connectivity index (χ4v) is 7.43. The van der Waals surface area contributed by atoms with Crippen molar-refractivity contribution in [2.45, 2.75) is 88.7 Å². The molecule has 3 aliphatic heterocycles. The number of benzene rings is 1. The van der Waals surface area contributed by atoms with E-state index < -0.39 is 0 Å². The summed E-state index contributed by atoms with van der Waals surface area (Å²) in [4.78, 5) is 2.72. The highest BCUT2D eigenvalue weighted by atomic mass is 16.5.